The molecule has 2 aromatic carbocycles. The molecule has 0 aliphatic rings. The van der Waals surface area contributed by atoms with Gasteiger partial charge in [0.2, 0.25) is 0 Å². The van der Waals surface area contributed by atoms with Crippen molar-refractivity contribution in [2.24, 2.45) is 0 Å². The Morgan fingerprint density at radius 2 is 1.75 bits per heavy atom. The van der Waals surface area contributed by atoms with E-state index in [-0.39, 0.29) is 0 Å². The number of halogens is 1. The summed E-state index contributed by atoms with van der Waals surface area (Å²) in [6, 6.07) is 17.6. The molecule has 0 nitrogen and oxygen atoms in total. The van der Waals surface area contributed by atoms with Crippen molar-refractivity contribution in [3.05, 3.63) is 57.7 Å². The molecule has 0 N–H and O–H groups in total. The van der Waals surface area contributed by atoms with Gasteiger partial charge in [0.25, 0.3) is 0 Å². The average molecular weight is 453 g/mol. The van der Waals surface area contributed by atoms with Crippen LogP contribution in [0.25, 0.3) is 29.0 Å². The number of aryl methyl sites for hydroxylation is 1. The van der Waals surface area contributed by atoms with E-state index in [4.69, 9.17) is 0 Å². The molecule has 0 unspecified atom stereocenters. The Kier molecular flexibility index (Phi) is 3.26. The van der Waals surface area contributed by atoms with Crippen molar-refractivity contribution in [3.63, 3.8) is 0 Å². The maximum atomic E-state index is 2.55. The Bertz CT molecular complexity index is 933. The summed E-state index contributed by atoms with van der Waals surface area (Å²) in [4.78, 5) is 0. The average Bonchev–Trinajstić information content (AvgIpc) is 2.97. The van der Waals surface area contributed by atoms with E-state index >= 15 is 0 Å². The molecule has 2 heterocycles. The van der Waals surface area contributed by atoms with Crippen LogP contribution in [0.2, 0.25) is 0 Å². The van der Waals surface area contributed by atoms with E-state index in [9.17, 15) is 0 Å². The zero-order valence-corrected chi connectivity index (χ0v) is 15.5. The molecule has 0 spiro atoms. The van der Waals surface area contributed by atoms with E-state index in [0.29, 0.717) is 14.5 Å². The minimum absolute atomic E-state index is 0.446. The Morgan fingerprint density at radius 3 is 2.60 bits per heavy atom. The van der Waals surface area contributed by atoms with Crippen LogP contribution < -0.4 is 0 Å². The molecule has 0 saturated carbocycles. The summed E-state index contributed by atoms with van der Waals surface area (Å²) in [6.07, 6.45) is 0. The van der Waals surface area contributed by atoms with Crippen LogP contribution in [0.4, 0.5) is 0 Å². The van der Waals surface area contributed by atoms with Gasteiger partial charge < -0.3 is 0 Å². The maximum absolute atomic E-state index is 2.55. The van der Waals surface area contributed by atoms with Gasteiger partial charge in [-0.15, -0.1) is 0 Å². The van der Waals surface area contributed by atoms with Crippen LogP contribution in [0.3, 0.4) is 0 Å². The van der Waals surface area contributed by atoms with E-state index in [1.165, 1.54) is 30.2 Å². The first-order valence-corrected chi connectivity index (χ1v) is 10.0. The zero-order valence-electron chi connectivity index (χ0n) is 10.8. The molecule has 2 aromatic heterocycles. The molecule has 20 heavy (non-hydrogen) atoms. The normalized spacial score (nSPS) is 11.5. The predicted octanol–water partition coefficient (Wildman–Crippen LogP) is 5.69. The number of benzene rings is 2. The molecule has 4 aromatic rings. The van der Waals surface area contributed by atoms with E-state index in [1.54, 1.807) is 8.01 Å². The summed E-state index contributed by atoms with van der Waals surface area (Å²) in [5.41, 5.74) is 2.82. The van der Waals surface area contributed by atoms with Crippen LogP contribution in [0.5, 0.6) is 0 Å². The van der Waals surface area contributed by atoms with Crippen molar-refractivity contribution < 1.29 is 0 Å². The second-order valence-corrected chi connectivity index (χ2v) is 9.68. The van der Waals surface area contributed by atoms with Gasteiger partial charge in [-0.05, 0) is 0 Å². The van der Waals surface area contributed by atoms with Crippen molar-refractivity contribution in [1.82, 2.24) is 0 Å². The third-order valence-corrected chi connectivity index (χ3v) is 9.53. The SMILES string of the molecule is Cc1ccccc1-c1[se]c2sc3ccccc3c2c1I. The number of rotatable bonds is 1. The number of fused-ring (bicyclic) bond motifs is 3. The molecular weight excluding hydrogens is 442 g/mol. The number of thiophene rings is 1. The molecule has 3 heteroatoms. The molecule has 0 fully saturated rings. The molecule has 0 radical (unpaired) electrons. The summed E-state index contributed by atoms with van der Waals surface area (Å²) in [5.74, 6) is 0. The van der Waals surface area contributed by atoms with E-state index in [2.05, 4.69) is 78.0 Å². The van der Waals surface area contributed by atoms with E-state index in [1.807, 2.05) is 11.3 Å². The molecule has 4 rings (SSSR count). The van der Waals surface area contributed by atoms with Crippen LogP contribution in [0.1, 0.15) is 5.56 Å². The van der Waals surface area contributed by atoms with Gasteiger partial charge in [-0.3, -0.25) is 0 Å². The van der Waals surface area contributed by atoms with Crippen LogP contribution in [0, 0.1) is 10.5 Å². The Morgan fingerprint density at radius 1 is 1.00 bits per heavy atom. The minimum atomic E-state index is 0.446. The van der Waals surface area contributed by atoms with Gasteiger partial charge in [0.15, 0.2) is 0 Å². The van der Waals surface area contributed by atoms with Gasteiger partial charge in [0.1, 0.15) is 0 Å². The first-order valence-electron chi connectivity index (χ1n) is 6.41. The fourth-order valence-corrected chi connectivity index (χ4v) is 8.98. The second-order valence-electron chi connectivity index (χ2n) is 4.82. The first kappa shape index (κ1) is 13.1. The third kappa shape index (κ3) is 1.91. The van der Waals surface area contributed by atoms with Crippen LogP contribution >= 0.6 is 33.9 Å². The monoisotopic (exact) mass is 454 g/mol. The van der Waals surface area contributed by atoms with Gasteiger partial charge in [-0.1, -0.05) is 0 Å². The van der Waals surface area contributed by atoms with Crippen molar-refractivity contribution in [2.75, 3.05) is 0 Å². The van der Waals surface area contributed by atoms with Gasteiger partial charge in [-0.25, -0.2) is 0 Å². The third-order valence-electron chi connectivity index (χ3n) is 3.57. The molecular formula is C17H11ISSe. The van der Waals surface area contributed by atoms with Crippen molar-refractivity contribution in [1.29, 1.82) is 0 Å². The summed E-state index contributed by atoms with van der Waals surface area (Å²) >= 11 is 4.97. The molecule has 98 valence electrons. The molecule has 0 saturated heterocycles. The Hall–Kier alpha value is -0.611. The summed E-state index contributed by atoms with van der Waals surface area (Å²) in [6.45, 7) is 2.22. The van der Waals surface area contributed by atoms with Gasteiger partial charge in [-0.2, -0.15) is 0 Å². The van der Waals surface area contributed by atoms with Crippen molar-refractivity contribution in [2.45, 2.75) is 6.92 Å². The van der Waals surface area contributed by atoms with Crippen LogP contribution in [0.15, 0.2) is 48.5 Å². The molecule has 0 aliphatic carbocycles. The van der Waals surface area contributed by atoms with Gasteiger partial charge >= 0.3 is 142 Å². The van der Waals surface area contributed by atoms with E-state index in [0.717, 1.165) is 0 Å². The fourth-order valence-electron chi connectivity index (χ4n) is 2.55. The van der Waals surface area contributed by atoms with Gasteiger partial charge in [0, 0.05) is 0 Å². The molecule has 0 atom stereocenters. The van der Waals surface area contributed by atoms with E-state index < -0.39 is 0 Å². The van der Waals surface area contributed by atoms with Crippen molar-refractivity contribution in [3.8, 4) is 10.0 Å². The van der Waals surface area contributed by atoms with Crippen LogP contribution in [-0.4, -0.2) is 14.5 Å². The molecule has 0 aliphatic heterocycles. The van der Waals surface area contributed by atoms with Crippen LogP contribution in [-0.2, 0) is 0 Å². The number of hydrogen-bond donors (Lipinski definition) is 0. The first-order chi connectivity index (χ1) is 9.75. The predicted molar refractivity (Wildman–Crippen MR) is 99.2 cm³/mol. The topological polar surface area (TPSA) is 0 Å². The summed E-state index contributed by atoms with van der Waals surface area (Å²) < 4.78 is 6.03. The standard InChI is InChI=1S/C17H11ISSe/c1-10-6-2-3-7-11(10)16-15(18)14-12-8-4-5-9-13(12)19-17(14)20-16/h2-9H,1H3. The summed E-state index contributed by atoms with van der Waals surface area (Å²) in [7, 11) is 0. The Balaban J connectivity index is 2.08. The molecule has 0 amide bonds. The fraction of sp³-hybridized carbons (Fsp3) is 0.0588. The van der Waals surface area contributed by atoms with Gasteiger partial charge in [0.05, 0.1) is 0 Å². The second kappa shape index (κ2) is 4.99. The van der Waals surface area contributed by atoms with Crippen molar-refractivity contribution >= 4 is 67.5 Å². The molecule has 0 bridgehead atoms. The summed E-state index contributed by atoms with van der Waals surface area (Å²) in [5, 5.41) is 2.94. The quantitative estimate of drug-likeness (QED) is 0.257. The zero-order chi connectivity index (χ0) is 13.7. The number of hydrogen-bond acceptors (Lipinski definition) is 1. The Labute approximate surface area is 141 Å².